The van der Waals surface area contributed by atoms with Gasteiger partial charge in [-0.05, 0) is 24.7 Å². The maximum absolute atomic E-state index is 12.9. The van der Waals surface area contributed by atoms with E-state index in [1.807, 2.05) is 0 Å². The van der Waals surface area contributed by atoms with Gasteiger partial charge < -0.3 is 16.2 Å². The van der Waals surface area contributed by atoms with Gasteiger partial charge in [0.25, 0.3) is 0 Å². The van der Waals surface area contributed by atoms with Crippen LogP contribution in [0.2, 0.25) is 0 Å². The predicted octanol–water partition coefficient (Wildman–Crippen LogP) is 0.406. The third-order valence-electron chi connectivity index (χ3n) is 2.16. The second kappa shape index (κ2) is 5.05. The minimum absolute atomic E-state index is 0.137. The van der Waals surface area contributed by atoms with Crippen LogP contribution in [0.15, 0.2) is 24.3 Å². The van der Waals surface area contributed by atoms with Crippen LogP contribution in [0.4, 0.5) is 4.39 Å². The molecule has 0 saturated heterocycles. The van der Waals surface area contributed by atoms with E-state index in [9.17, 15) is 4.39 Å². The number of nitrogens with one attached hydrogen (secondary N) is 1. The number of hydrogen-bond donors (Lipinski definition) is 3. The molecule has 0 amide bonds. The lowest BCUT2D eigenvalue weighted by Gasteiger charge is -2.22. The molecule has 78 valence electrons. The zero-order chi connectivity index (χ0) is 10.6. The van der Waals surface area contributed by atoms with E-state index in [4.69, 9.17) is 10.8 Å². The average Bonchev–Trinajstić information content (AvgIpc) is 2.19. The number of likely N-dealkylation sites (N-methyl/N-ethyl adjacent to an activating group) is 1. The highest BCUT2D eigenvalue weighted by molar-refractivity contribution is 5.21. The van der Waals surface area contributed by atoms with Gasteiger partial charge >= 0.3 is 0 Å². The van der Waals surface area contributed by atoms with Gasteiger partial charge in [-0.2, -0.15) is 0 Å². The fourth-order valence-electron chi connectivity index (χ4n) is 1.43. The molecule has 0 aliphatic carbocycles. The Hall–Kier alpha value is -0.970. The van der Waals surface area contributed by atoms with Crippen molar-refractivity contribution in [3.05, 3.63) is 35.6 Å². The van der Waals surface area contributed by atoms with Crippen molar-refractivity contribution in [1.29, 1.82) is 0 Å². The van der Waals surface area contributed by atoms with Crippen LogP contribution < -0.4 is 11.1 Å². The average molecular weight is 198 g/mol. The molecule has 2 unspecified atom stereocenters. The van der Waals surface area contributed by atoms with Crippen LogP contribution in [-0.2, 0) is 0 Å². The molecule has 0 aliphatic heterocycles. The lowest BCUT2D eigenvalue weighted by atomic mass is 10.0. The lowest BCUT2D eigenvalue weighted by molar-refractivity contribution is 0.240. The lowest BCUT2D eigenvalue weighted by Crippen LogP contribution is -2.38. The molecule has 4 N–H and O–H groups in total. The van der Waals surface area contributed by atoms with Gasteiger partial charge in [-0.1, -0.05) is 12.1 Å². The summed E-state index contributed by atoms with van der Waals surface area (Å²) in [5.74, 6) is -0.298. The van der Waals surface area contributed by atoms with Crippen molar-refractivity contribution in [2.75, 3.05) is 13.7 Å². The Morgan fingerprint density at radius 1 is 1.57 bits per heavy atom. The molecule has 3 nitrogen and oxygen atoms in total. The first-order valence-electron chi connectivity index (χ1n) is 4.48. The third kappa shape index (κ3) is 2.51. The molecule has 0 aromatic heterocycles. The summed E-state index contributed by atoms with van der Waals surface area (Å²) in [6, 6.07) is 5.54. The van der Waals surface area contributed by atoms with E-state index in [2.05, 4.69) is 5.32 Å². The number of hydrogen-bond acceptors (Lipinski definition) is 3. The van der Waals surface area contributed by atoms with Crippen molar-refractivity contribution in [2.24, 2.45) is 5.73 Å². The second-order valence-corrected chi connectivity index (χ2v) is 3.17. The van der Waals surface area contributed by atoms with Crippen LogP contribution >= 0.6 is 0 Å². The standard InChI is InChI=1S/C10H15FN2O/c1-13-10(9(12)6-14)7-3-2-4-8(11)5-7/h2-5,9-10,13-14H,6,12H2,1H3. The Bertz CT molecular complexity index is 293. The van der Waals surface area contributed by atoms with Crippen LogP contribution in [0.25, 0.3) is 0 Å². The van der Waals surface area contributed by atoms with E-state index in [1.54, 1.807) is 19.2 Å². The second-order valence-electron chi connectivity index (χ2n) is 3.17. The van der Waals surface area contributed by atoms with Gasteiger partial charge in [0, 0.05) is 12.1 Å². The van der Waals surface area contributed by atoms with E-state index in [0.717, 1.165) is 5.56 Å². The summed E-state index contributed by atoms with van der Waals surface area (Å²) >= 11 is 0. The molecule has 2 atom stereocenters. The molecule has 1 rings (SSSR count). The number of halogens is 1. The Kier molecular flexibility index (Phi) is 4.00. The van der Waals surface area contributed by atoms with Gasteiger partial charge in [0.05, 0.1) is 6.61 Å². The Morgan fingerprint density at radius 3 is 2.79 bits per heavy atom. The van der Waals surface area contributed by atoms with Gasteiger partial charge in [-0.3, -0.25) is 0 Å². The largest absolute Gasteiger partial charge is 0.395 e. The maximum Gasteiger partial charge on any atom is 0.123 e. The molecular formula is C10H15FN2O. The van der Waals surface area contributed by atoms with Crippen molar-refractivity contribution in [1.82, 2.24) is 5.32 Å². The zero-order valence-corrected chi connectivity index (χ0v) is 8.07. The highest BCUT2D eigenvalue weighted by Gasteiger charge is 2.17. The highest BCUT2D eigenvalue weighted by atomic mass is 19.1. The molecule has 0 bridgehead atoms. The smallest absolute Gasteiger partial charge is 0.123 e. The number of benzene rings is 1. The number of rotatable bonds is 4. The molecular weight excluding hydrogens is 183 g/mol. The van der Waals surface area contributed by atoms with Crippen LogP contribution in [0.3, 0.4) is 0 Å². The minimum atomic E-state index is -0.429. The molecule has 1 aromatic rings. The molecule has 1 aromatic carbocycles. The first-order chi connectivity index (χ1) is 6.69. The van der Waals surface area contributed by atoms with Gasteiger partial charge in [0.1, 0.15) is 5.82 Å². The van der Waals surface area contributed by atoms with Crippen molar-refractivity contribution in [3.63, 3.8) is 0 Å². The Labute approximate surface area is 82.7 Å². The van der Waals surface area contributed by atoms with Crippen molar-refractivity contribution < 1.29 is 9.50 Å². The van der Waals surface area contributed by atoms with E-state index in [-0.39, 0.29) is 18.5 Å². The Morgan fingerprint density at radius 2 is 2.29 bits per heavy atom. The van der Waals surface area contributed by atoms with E-state index in [1.165, 1.54) is 12.1 Å². The minimum Gasteiger partial charge on any atom is -0.395 e. The number of aliphatic hydroxyl groups is 1. The molecule has 0 heterocycles. The van der Waals surface area contributed by atoms with Crippen molar-refractivity contribution >= 4 is 0 Å². The van der Waals surface area contributed by atoms with E-state index >= 15 is 0 Å². The van der Waals surface area contributed by atoms with Gasteiger partial charge in [-0.15, -0.1) is 0 Å². The number of nitrogens with two attached hydrogens (primary N) is 1. The Balaban J connectivity index is 2.89. The summed E-state index contributed by atoms with van der Waals surface area (Å²) in [5.41, 5.74) is 6.42. The summed E-state index contributed by atoms with van der Waals surface area (Å²) in [4.78, 5) is 0. The number of aliphatic hydroxyl groups excluding tert-OH is 1. The van der Waals surface area contributed by atoms with Gasteiger partial charge in [0.15, 0.2) is 0 Å². The first kappa shape index (κ1) is 11.1. The van der Waals surface area contributed by atoms with Crippen LogP contribution in [0.1, 0.15) is 11.6 Å². The first-order valence-corrected chi connectivity index (χ1v) is 4.48. The van der Waals surface area contributed by atoms with E-state index < -0.39 is 6.04 Å². The van der Waals surface area contributed by atoms with Crippen LogP contribution in [0, 0.1) is 5.82 Å². The summed E-state index contributed by atoms with van der Waals surface area (Å²) in [7, 11) is 1.73. The third-order valence-corrected chi connectivity index (χ3v) is 2.16. The summed E-state index contributed by atoms with van der Waals surface area (Å²) in [6.07, 6.45) is 0. The zero-order valence-electron chi connectivity index (χ0n) is 8.07. The normalized spacial score (nSPS) is 15.1. The molecule has 4 heteroatoms. The SMILES string of the molecule is CNC(c1cccc(F)c1)C(N)CO. The quantitative estimate of drug-likeness (QED) is 0.656. The van der Waals surface area contributed by atoms with Crippen LogP contribution in [-0.4, -0.2) is 24.8 Å². The fraction of sp³-hybridized carbons (Fsp3) is 0.400. The topological polar surface area (TPSA) is 58.3 Å². The fourth-order valence-corrected chi connectivity index (χ4v) is 1.43. The van der Waals surface area contributed by atoms with Gasteiger partial charge in [0.2, 0.25) is 0 Å². The molecule has 14 heavy (non-hydrogen) atoms. The van der Waals surface area contributed by atoms with Gasteiger partial charge in [-0.25, -0.2) is 4.39 Å². The molecule has 0 spiro atoms. The molecule has 0 radical (unpaired) electrons. The van der Waals surface area contributed by atoms with Crippen molar-refractivity contribution in [3.8, 4) is 0 Å². The summed E-state index contributed by atoms with van der Waals surface area (Å²) in [6.45, 7) is -0.137. The highest BCUT2D eigenvalue weighted by Crippen LogP contribution is 2.16. The maximum atomic E-state index is 12.9. The molecule has 0 fully saturated rings. The molecule has 0 saturated carbocycles. The van der Waals surface area contributed by atoms with E-state index in [0.29, 0.717) is 0 Å². The van der Waals surface area contributed by atoms with Crippen molar-refractivity contribution in [2.45, 2.75) is 12.1 Å². The molecule has 0 aliphatic rings. The summed E-state index contributed by atoms with van der Waals surface area (Å²) in [5, 5.41) is 11.9. The monoisotopic (exact) mass is 198 g/mol. The van der Waals surface area contributed by atoms with Crippen LogP contribution in [0.5, 0.6) is 0 Å². The predicted molar refractivity (Wildman–Crippen MR) is 53.3 cm³/mol. The summed E-state index contributed by atoms with van der Waals surface area (Å²) < 4.78 is 12.9.